The Morgan fingerprint density at radius 3 is 2.62 bits per heavy atom. The molecule has 1 saturated heterocycles. The molecular formula is C19H19N5OS. The van der Waals surface area contributed by atoms with E-state index in [0.29, 0.717) is 13.0 Å². The maximum atomic E-state index is 12.0. The van der Waals surface area contributed by atoms with Gasteiger partial charge in [0, 0.05) is 24.9 Å². The van der Waals surface area contributed by atoms with Gasteiger partial charge in [-0.2, -0.15) is 0 Å². The Labute approximate surface area is 156 Å². The van der Waals surface area contributed by atoms with Crippen molar-refractivity contribution < 1.29 is 4.79 Å². The number of rotatable bonds is 6. The molecule has 0 unspecified atom stereocenters. The lowest BCUT2D eigenvalue weighted by molar-refractivity contribution is -0.128. The fraction of sp³-hybridized carbons (Fsp3) is 0.263. The van der Waals surface area contributed by atoms with Crippen molar-refractivity contribution in [3.63, 3.8) is 0 Å². The molecule has 0 spiro atoms. The Hall–Kier alpha value is -2.67. The molecule has 1 aliphatic heterocycles. The van der Waals surface area contributed by atoms with Crippen LogP contribution in [-0.4, -0.2) is 37.1 Å². The molecule has 26 heavy (non-hydrogen) atoms. The number of hydrogen-bond donors (Lipinski definition) is 0. The third-order valence-electron chi connectivity index (χ3n) is 4.29. The molecular weight excluding hydrogens is 346 g/mol. The van der Waals surface area contributed by atoms with Crippen LogP contribution >= 0.6 is 11.8 Å². The summed E-state index contributed by atoms with van der Waals surface area (Å²) >= 11 is 1.62. The van der Waals surface area contributed by atoms with E-state index < -0.39 is 0 Å². The number of likely N-dealkylation sites (tertiary alicyclic amines) is 1. The van der Waals surface area contributed by atoms with Gasteiger partial charge in [-0.3, -0.25) is 9.36 Å². The van der Waals surface area contributed by atoms with E-state index in [0.717, 1.165) is 35.5 Å². The summed E-state index contributed by atoms with van der Waals surface area (Å²) in [5, 5.41) is 9.52. The number of thioether (sulfide) groups is 1. The van der Waals surface area contributed by atoms with E-state index in [4.69, 9.17) is 0 Å². The average Bonchev–Trinajstić information content (AvgIpc) is 3.28. The molecule has 2 aromatic heterocycles. The molecule has 1 aromatic carbocycles. The van der Waals surface area contributed by atoms with Gasteiger partial charge in [0.25, 0.3) is 0 Å². The number of amides is 1. The first kappa shape index (κ1) is 16.8. The Morgan fingerprint density at radius 1 is 1.04 bits per heavy atom. The van der Waals surface area contributed by atoms with Crippen molar-refractivity contribution in [1.82, 2.24) is 24.6 Å². The van der Waals surface area contributed by atoms with Gasteiger partial charge in [0.05, 0.1) is 6.54 Å². The van der Waals surface area contributed by atoms with Crippen LogP contribution in [0.4, 0.5) is 0 Å². The summed E-state index contributed by atoms with van der Waals surface area (Å²) in [7, 11) is 0. The number of benzene rings is 1. The summed E-state index contributed by atoms with van der Waals surface area (Å²) in [5.74, 6) is 2.50. The van der Waals surface area contributed by atoms with Crippen LogP contribution in [0.2, 0.25) is 0 Å². The topological polar surface area (TPSA) is 63.9 Å². The molecule has 0 atom stereocenters. The number of aromatic nitrogens is 4. The zero-order valence-electron chi connectivity index (χ0n) is 14.3. The molecule has 0 saturated carbocycles. The van der Waals surface area contributed by atoms with Crippen LogP contribution in [0.5, 0.6) is 0 Å². The van der Waals surface area contributed by atoms with Gasteiger partial charge in [-0.05, 0) is 24.1 Å². The van der Waals surface area contributed by atoms with Gasteiger partial charge in [0.2, 0.25) is 5.91 Å². The van der Waals surface area contributed by atoms with Gasteiger partial charge in [-0.1, -0.05) is 48.2 Å². The lowest BCUT2D eigenvalue weighted by atomic mass is 10.2. The van der Waals surface area contributed by atoms with Crippen molar-refractivity contribution in [3.05, 3.63) is 66.1 Å². The second-order valence-corrected chi connectivity index (χ2v) is 7.06. The van der Waals surface area contributed by atoms with Crippen molar-refractivity contribution in [3.8, 4) is 5.82 Å². The predicted octanol–water partition coefficient (Wildman–Crippen LogP) is 3.08. The van der Waals surface area contributed by atoms with E-state index >= 15 is 0 Å². The largest absolute Gasteiger partial charge is 0.335 e. The number of nitrogens with zero attached hydrogens (tertiary/aromatic N) is 5. The van der Waals surface area contributed by atoms with Crippen molar-refractivity contribution >= 4 is 17.7 Å². The van der Waals surface area contributed by atoms with Gasteiger partial charge in [0.1, 0.15) is 5.82 Å². The molecule has 0 aliphatic carbocycles. The van der Waals surface area contributed by atoms with Crippen LogP contribution in [0.1, 0.15) is 24.2 Å². The number of carbonyl (C=O) groups is 1. The number of carbonyl (C=O) groups excluding carboxylic acids is 1. The lowest BCUT2D eigenvalue weighted by Gasteiger charge is -2.16. The third-order valence-corrected chi connectivity index (χ3v) is 5.29. The zero-order chi connectivity index (χ0) is 17.8. The maximum Gasteiger partial charge on any atom is 0.223 e. The van der Waals surface area contributed by atoms with Gasteiger partial charge in [-0.15, -0.1) is 10.2 Å². The molecule has 1 amide bonds. The fourth-order valence-corrected chi connectivity index (χ4v) is 3.89. The predicted molar refractivity (Wildman–Crippen MR) is 99.8 cm³/mol. The second-order valence-electron chi connectivity index (χ2n) is 6.12. The molecule has 4 rings (SSSR count). The highest BCUT2D eigenvalue weighted by atomic mass is 32.2. The zero-order valence-corrected chi connectivity index (χ0v) is 15.1. The smallest absolute Gasteiger partial charge is 0.223 e. The van der Waals surface area contributed by atoms with Gasteiger partial charge in [0.15, 0.2) is 11.0 Å². The number of pyridine rings is 1. The van der Waals surface area contributed by atoms with Crippen LogP contribution in [0.25, 0.3) is 5.82 Å². The molecule has 6 nitrogen and oxygen atoms in total. The Bertz CT molecular complexity index is 881. The SMILES string of the molecule is O=C1CCCN1Cc1nnc(SCc2ccccc2)n1-c1ccccn1. The van der Waals surface area contributed by atoms with Crippen molar-refractivity contribution in [2.24, 2.45) is 0 Å². The van der Waals surface area contributed by atoms with Crippen LogP contribution in [0.15, 0.2) is 59.9 Å². The van der Waals surface area contributed by atoms with Crippen LogP contribution in [-0.2, 0) is 17.1 Å². The Morgan fingerprint density at radius 2 is 1.88 bits per heavy atom. The van der Waals surface area contributed by atoms with E-state index in [1.807, 2.05) is 45.9 Å². The summed E-state index contributed by atoms with van der Waals surface area (Å²) < 4.78 is 1.96. The highest BCUT2D eigenvalue weighted by Crippen LogP contribution is 2.25. The first-order chi connectivity index (χ1) is 12.8. The minimum Gasteiger partial charge on any atom is -0.335 e. The monoisotopic (exact) mass is 365 g/mol. The normalized spacial score (nSPS) is 14.2. The standard InChI is InChI=1S/C19H19N5OS/c25-18-10-6-12-23(18)13-17-21-22-19(24(17)16-9-4-5-11-20-16)26-14-15-7-2-1-3-8-15/h1-5,7-9,11H,6,10,12-14H2. The van der Waals surface area contributed by atoms with Crippen LogP contribution < -0.4 is 0 Å². The lowest BCUT2D eigenvalue weighted by Crippen LogP contribution is -2.25. The molecule has 0 N–H and O–H groups in total. The van der Waals surface area contributed by atoms with Gasteiger partial charge < -0.3 is 4.90 Å². The minimum absolute atomic E-state index is 0.180. The van der Waals surface area contributed by atoms with Gasteiger partial charge >= 0.3 is 0 Å². The maximum absolute atomic E-state index is 12.0. The first-order valence-electron chi connectivity index (χ1n) is 8.61. The molecule has 132 valence electrons. The molecule has 1 fully saturated rings. The molecule has 7 heteroatoms. The highest BCUT2D eigenvalue weighted by Gasteiger charge is 2.24. The van der Waals surface area contributed by atoms with E-state index in [1.165, 1.54) is 5.56 Å². The number of hydrogen-bond acceptors (Lipinski definition) is 5. The Kier molecular flexibility index (Phi) is 4.97. The quantitative estimate of drug-likeness (QED) is 0.628. The second kappa shape index (κ2) is 7.70. The van der Waals surface area contributed by atoms with E-state index in [2.05, 4.69) is 27.3 Å². The Balaban J connectivity index is 1.62. The van der Waals surface area contributed by atoms with Gasteiger partial charge in [-0.25, -0.2) is 4.98 Å². The average molecular weight is 365 g/mol. The summed E-state index contributed by atoms with van der Waals surface area (Å²) in [5.41, 5.74) is 1.23. The fourth-order valence-electron chi connectivity index (χ4n) is 2.98. The van der Waals surface area contributed by atoms with Crippen molar-refractivity contribution in [2.45, 2.75) is 30.3 Å². The van der Waals surface area contributed by atoms with Crippen molar-refractivity contribution in [2.75, 3.05) is 6.54 Å². The van der Waals surface area contributed by atoms with Crippen LogP contribution in [0, 0.1) is 0 Å². The summed E-state index contributed by atoms with van der Waals surface area (Å²) in [6.07, 6.45) is 3.28. The molecule has 1 aliphatic rings. The highest BCUT2D eigenvalue weighted by molar-refractivity contribution is 7.98. The summed E-state index contributed by atoms with van der Waals surface area (Å²) in [4.78, 5) is 18.3. The van der Waals surface area contributed by atoms with Crippen LogP contribution in [0.3, 0.4) is 0 Å². The first-order valence-corrected chi connectivity index (χ1v) is 9.60. The van der Waals surface area contributed by atoms with E-state index in [9.17, 15) is 4.79 Å². The summed E-state index contributed by atoms with van der Waals surface area (Å²) in [6.45, 7) is 1.24. The molecule has 0 radical (unpaired) electrons. The molecule has 0 bridgehead atoms. The van der Waals surface area contributed by atoms with E-state index in [1.54, 1.807) is 18.0 Å². The third kappa shape index (κ3) is 3.62. The van der Waals surface area contributed by atoms with E-state index in [-0.39, 0.29) is 5.91 Å². The van der Waals surface area contributed by atoms with Crippen molar-refractivity contribution in [1.29, 1.82) is 0 Å². The summed E-state index contributed by atoms with van der Waals surface area (Å²) in [6, 6.07) is 16.0. The minimum atomic E-state index is 0.180. The molecule has 3 aromatic rings. The molecule has 3 heterocycles.